The van der Waals surface area contributed by atoms with E-state index < -0.39 is 11.7 Å². The lowest BCUT2D eigenvalue weighted by Crippen LogP contribution is -2.11. The highest BCUT2D eigenvalue weighted by Crippen LogP contribution is 2.27. The molecule has 1 aromatic rings. The Balaban J connectivity index is 2.55. The molecule has 0 heterocycles. The molecule has 82 valence electrons. The van der Waals surface area contributed by atoms with E-state index in [0.717, 1.165) is 10.0 Å². The van der Waals surface area contributed by atoms with Crippen molar-refractivity contribution in [3.05, 3.63) is 46.5 Å². The topological polar surface area (TPSA) is 0 Å². The minimum Gasteiger partial charge on any atom is -0.167 e. The fraction of sp³-hybridized carbons (Fsp3) is 0.273. The molecule has 0 bridgehead atoms. The van der Waals surface area contributed by atoms with Crippen molar-refractivity contribution in [2.75, 3.05) is 0 Å². The highest BCUT2D eigenvalue weighted by molar-refractivity contribution is 9.10. The van der Waals surface area contributed by atoms with Gasteiger partial charge in [-0.3, -0.25) is 0 Å². The van der Waals surface area contributed by atoms with E-state index in [1.807, 2.05) is 12.1 Å². The van der Waals surface area contributed by atoms with Crippen LogP contribution in [0.25, 0.3) is 0 Å². The molecule has 0 atom stereocenters. The minimum absolute atomic E-state index is 0.0556. The van der Waals surface area contributed by atoms with Crippen molar-refractivity contribution in [1.29, 1.82) is 0 Å². The number of halogens is 4. The van der Waals surface area contributed by atoms with Crippen LogP contribution in [0, 0.1) is 0 Å². The second kappa shape index (κ2) is 4.84. The Labute approximate surface area is 94.9 Å². The van der Waals surface area contributed by atoms with Gasteiger partial charge in [0.2, 0.25) is 0 Å². The Hall–Kier alpha value is -0.770. The van der Waals surface area contributed by atoms with Crippen LogP contribution in [0.1, 0.15) is 12.0 Å². The summed E-state index contributed by atoms with van der Waals surface area (Å²) >= 11 is 3.26. The Morgan fingerprint density at radius 3 is 2.53 bits per heavy atom. The maximum absolute atomic E-state index is 12.1. The van der Waals surface area contributed by atoms with Gasteiger partial charge in [0.05, 0.1) is 0 Å². The molecule has 0 unspecified atom stereocenters. The van der Waals surface area contributed by atoms with E-state index in [1.165, 1.54) is 0 Å². The predicted octanol–water partition coefficient (Wildman–Crippen LogP) is 4.50. The number of hydrogen-bond acceptors (Lipinski definition) is 0. The third-order valence-corrected chi connectivity index (χ3v) is 2.50. The number of allylic oxidation sites excluding steroid dienone is 1. The lowest BCUT2D eigenvalue weighted by molar-refractivity contribution is -0.0935. The summed E-state index contributed by atoms with van der Waals surface area (Å²) in [6.07, 6.45) is -3.97. The standard InChI is InChI=1S/C11H10BrF3/c1-8(11(13,14)15)5-6-9-3-2-4-10(12)7-9/h2-4,7H,1,5-6H2. The Morgan fingerprint density at radius 2 is 2.00 bits per heavy atom. The molecule has 0 aliphatic rings. The van der Waals surface area contributed by atoms with Crippen LogP contribution >= 0.6 is 15.9 Å². The summed E-state index contributed by atoms with van der Waals surface area (Å²) in [6, 6.07) is 7.25. The van der Waals surface area contributed by atoms with Gasteiger partial charge in [0.1, 0.15) is 0 Å². The molecular formula is C11H10BrF3. The van der Waals surface area contributed by atoms with Gasteiger partial charge >= 0.3 is 6.18 Å². The van der Waals surface area contributed by atoms with Gasteiger partial charge in [-0.05, 0) is 30.5 Å². The Morgan fingerprint density at radius 1 is 1.33 bits per heavy atom. The van der Waals surface area contributed by atoms with E-state index in [0.29, 0.717) is 6.42 Å². The van der Waals surface area contributed by atoms with Gasteiger partial charge in [0, 0.05) is 10.0 Å². The van der Waals surface area contributed by atoms with E-state index in [-0.39, 0.29) is 6.42 Å². The van der Waals surface area contributed by atoms with Crippen molar-refractivity contribution < 1.29 is 13.2 Å². The van der Waals surface area contributed by atoms with Crippen molar-refractivity contribution in [3.63, 3.8) is 0 Å². The Kier molecular flexibility index (Phi) is 3.97. The molecular weight excluding hydrogens is 269 g/mol. The third kappa shape index (κ3) is 4.08. The summed E-state index contributed by atoms with van der Waals surface area (Å²) in [5, 5.41) is 0. The van der Waals surface area contributed by atoms with E-state index in [1.54, 1.807) is 12.1 Å². The zero-order valence-electron chi connectivity index (χ0n) is 7.94. The molecule has 0 aromatic heterocycles. The zero-order chi connectivity index (χ0) is 11.5. The molecule has 0 saturated heterocycles. The van der Waals surface area contributed by atoms with Crippen molar-refractivity contribution in [2.45, 2.75) is 19.0 Å². The molecule has 1 aromatic carbocycles. The van der Waals surface area contributed by atoms with Gasteiger partial charge in [-0.2, -0.15) is 13.2 Å². The van der Waals surface area contributed by atoms with E-state index in [4.69, 9.17) is 0 Å². The van der Waals surface area contributed by atoms with Crippen molar-refractivity contribution in [2.24, 2.45) is 0 Å². The number of alkyl halides is 3. The molecule has 0 N–H and O–H groups in total. The van der Waals surface area contributed by atoms with Crippen LogP contribution in [-0.2, 0) is 6.42 Å². The first-order chi connectivity index (χ1) is 6.89. The van der Waals surface area contributed by atoms with Crippen LogP contribution in [0.3, 0.4) is 0 Å². The van der Waals surface area contributed by atoms with Gasteiger partial charge in [0.15, 0.2) is 0 Å². The second-order valence-corrected chi connectivity index (χ2v) is 4.15. The zero-order valence-corrected chi connectivity index (χ0v) is 9.53. The number of rotatable bonds is 3. The summed E-state index contributed by atoms with van der Waals surface area (Å²) in [6.45, 7) is 3.03. The number of aryl methyl sites for hydroxylation is 1. The molecule has 0 spiro atoms. The lowest BCUT2D eigenvalue weighted by atomic mass is 10.1. The predicted molar refractivity (Wildman–Crippen MR) is 57.7 cm³/mol. The fourth-order valence-electron chi connectivity index (χ4n) is 1.13. The van der Waals surface area contributed by atoms with Crippen LogP contribution in [0.4, 0.5) is 13.2 Å². The summed E-state index contributed by atoms with van der Waals surface area (Å²) in [7, 11) is 0. The summed E-state index contributed by atoms with van der Waals surface area (Å²) < 4.78 is 37.2. The molecule has 0 aliphatic heterocycles. The maximum Gasteiger partial charge on any atom is 0.412 e. The smallest absolute Gasteiger partial charge is 0.167 e. The third-order valence-electron chi connectivity index (χ3n) is 2.01. The monoisotopic (exact) mass is 278 g/mol. The fourth-order valence-corrected chi connectivity index (χ4v) is 1.58. The highest BCUT2D eigenvalue weighted by Gasteiger charge is 2.30. The maximum atomic E-state index is 12.1. The van der Waals surface area contributed by atoms with Gasteiger partial charge in [-0.15, -0.1) is 0 Å². The largest absolute Gasteiger partial charge is 0.412 e. The van der Waals surface area contributed by atoms with Crippen LogP contribution < -0.4 is 0 Å². The quantitative estimate of drug-likeness (QED) is 0.714. The number of hydrogen-bond donors (Lipinski definition) is 0. The Bertz CT molecular complexity index is 355. The molecule has 1 rings (SSSR count). The summed E-state index contributed by atoms with van der Waals surface area (Å²) in [5.41, 5.74) is 0.192. The van der Waals surface area contributed by atoms with Crippen LogP contribution in [0.5, 0.6) is 0 Å². The molecule has 0 saturated carbocycles. The first-order valence-electron chi connectivity index (χ1n) is 4.39. The number of benzene rings is 1. The lowest BCUT2D eigenvalue weighted by Gasteiger charge is -2.09. The van der Waals surface area contributed by atoms with Crippen LogP contribution in [0.2, 0.25) is 0 Å². The summed E-state index contributed by atoms with van der Waals surface area (Å²) in [4.78, 5) is 0. The normalized spacial score (nSPS) is 11.5. The summed E-state index contributed by atoms with van der Waals surface area (Å²) in [5.74, 6) is 0. The van der Waals surface area contributed by atoms with Gasteiger partial charge in [-0.25, -0.2) is 0 Å². The minimum atomic E-state index is -4.27. The molecule has 4 heteroatoms. The first-order valence-corrected chi connectivity index (χ1v) is 5.18. The average molecular weight is 279 g/mol. The molecule has 0 amide bonds. The van der Waals surface area contributed by atoms with E-state index in [2.05, 4.69) is 22.5 Å². The SMILES string of the molecule is C=C(CCc1cccc(Br)c1)C(F)(F)F. The van der Waals surface area contributed by atoms with Gasteiger partial charge < -0.3 is 0 Å². The van der Waals surface area contributed by atoms with Crippen molar-refractivity contribution in [3.8, 4) is 0 Å². The first kappa shape index (κ1) is 12.3. The van der Waals surface area contributed by atoms with E-state index >= 15 is 0 Å². The van der Waals surface area contributed by atoms with E-state index in [9.17, 15) is 13.2 Å². The molecule has 0 radical (unpaired) electrons. The molecule has 0 aliphatic carbocycles. The highest BCUT2D eigenvalue weighted by atomic mass is 79.9. The molecule has 15 heavy (non-hydrogen) atoms. The van der Waals surface area contributed by atoms with Gasteiger partial charge in [0.25, 0.3) is 0 Å². The van der Waals surface area contributed by atoms with Crippen LogP contribution in [0.15, 0.2) is 40.9 Å². The van der Waals surface area contributed by atoms with Crippen molar-refractivity contribution in [1.82, 2.24) is 0 Å². The average Bonchev–Trinajstić information content (AvgIpc) is 2.12. The molecule has 0 nitrogen and oxygen atoms in total. The van der Waals surface area contributed by atoms with Crippen LogP contribution in [-0.4, -0.2) is 6.18 Å². The van der Waals surface area contributed by atoms with Gasteiger partial charge in [-0.1, -0.05) is 34.6 Å². The second-order valence-electron chi connectivity index (χ2n) is 3.23. The van der Waals surface area contributed by atoms with Crippen molar-refractivity contribution >= 4 is 15.9 Å². The molecule has 0 fully saturated rings.